The molecule has 3 aliphatic rings. The van der Waals surface area contributed by atoms with Crippen molar-refractivity contribution in [3.63, 3.8) is 0 Å². The largest absolute Gasteiger partial charge is 0.481 e. The predicted molar refractivity (Wildman–Crippen MR) is 107 cm³/mol. The van der Waals surface area contributed by atoms with Crippen molar-refractivity contribution in [2.75, 3.05) is 13.2 Å². The van der Waals surface area contributed by atoms with Gasteiger partial charge >= 0.3 is 0 Å². The van der Waals surface area contributed by atoms with Crippen LogP contribution >= 0.6 is 0 Å². The maximum Gasteiger partial charge on any atom is 0.300 e. The molecule has 5 nitrogen and oxygen atoms in total. The minimum absolute atomic E-state index is 0.114. The summed E-state index contributed by atoms with van der Waals surface area (Å²) in [6.45, 7) is 11.1. The predicted octanol–water partition coefficient (Wildman–Crippen LogP) is 3.19. The molecule has 3 aliphatic carbocycles. The maximum atomic E-state index is 10.0. The molecular formula is C22H39NO4. The highest BCUT2D eigenvalue weighted by molar-refractivity contribution is 5.62. The van der Waals surface area contributed by atoms with E-state index in [-0.39, 0.29) is 29.5 Å². The Balaban J connectivity index is 0.000000596. The van der Waals surface area contributed by atoms with Crippen molar-refractivity contribution >= 4 is 5.97 Å². The number of carbonyl (C=O) groups is 1. The number of rotatable bonds is 3. The molecule has 0 heterocycles. The summed E-state index contributed by atoms with van der Waals surface area (Å²) in [5.41, 5.74) is 8.12. The fraction of sp³-hybridized carbons (Fsp3) is 0.864. The van der Waals surface area contributed by atoms with Crippen LogP contribution in [0.2, 0.25) is 0 Å². The lowest BCUT2D eigenvalue weighted by atomic mass is 9.49. The molecule has 27 heavy (non-hydrogen) atoms. The summed E-state index contributed by atoms with van der Waals surface area (Å²) in [7, 11) is 0. The van der Waals surface area contributed by atoms with Crippen LogP contribution in [-0.2, 0) is 4.79 Å². The summed E-state index contributed by atoms with van der Waals surface area (Å²) >= 11 is 0. The highest BCUT2D eigenvalue weighted by atomic mass is 16.4. The van der Waals surface area contributed by atoms with Crippen LogP contribution in [0.4, 0.5) is 0 Å². The molecule has 156 valence electrons. The third-order valence-electron chi connectivity index (χ3n) is 8.24. The molecule has 0 amide bonds. The Bertz CT molecular complexity index is 546. The number of carboxylic acids is 1. The minimum atomic E-state index is -0.833. The van der Waals surface area contributed by atoms with Gasteiger partial charge in [-0.2, -0.15) is 0 Å². The van der Waals surface area contributed by atoms with Crippen LogP contribution in [0.15, 0.2) is 12.2 Å². The molecule has 0 aliphatic heterocycles. The van der Waals surface area contributed by atoms with Crippen molar-refractivity contribution in [2.45, 2.75) is 71.8 Å². The Labute approximate surface area is 164 Å². The molecule has 7 atom stereocenters. The Kier molecular flexibility index (Phi) is 7.15. The number of fused-ring (bicyclic) bond motifs is 1. The van der Waals surface area contributed by atoms with Crippen LogP contribution < -0.4 is 5.73 Å². The second-order valence-corrected chi connectivity index (χ2v) is 9.54. The van der Waals surface area contributed by atoms with E-state index in [0.717, 1.165) is 39.2 Å². The topological polar surface area (TPSA) is 104 Å². The average Bonchev–Trinajstić information content (AvgIpc) is 2.91. The van der Waals surface area contributed by atoms with E-state index in [9.17, 15) is 10.2 Å². The summed E-state index contributed by atoms with van der Waals surface area (Å²) in [5.74, 6) is 1.13. The van der Waals surface area contributed by atoms with Crippen molar-refractivity contribution in [2.24, 2.45) is 40.2 Å². The van der Waals surface area contributed by atoms with E-state index in [4.69, 9.17) is 15.6 Å². The van der Waals surface area contributed by atoms with Crippen LogP contribution in [0.3, 0.4) is 0 Å². The number of nitrogens with two attached hydrogens (primary N) is 1. The Morgan fingerprint density at radius 2 is 1.85 bits per heavy atom. The smallest absolute Gasteiger partial charge is 0.300 e. The lowest BCUT2D eigenvalue weighted by molar-refractivity contribution is -0.134. The second kappa shape index (κ2) is 8.62. The molecule has 0 aromatic heterocycles. The summed E-state index contributed by atoms with van der Waals surface area (Å²) < 4.78 is 0. The highest BCUT2D eigenvalue weighted by Gasteiger charge is 2.56. The quantitative estimate of drug-likeness (QED) is 0.562. The first-order chi connectivity index (χ1) is 12.6. The highest BCUT2D eigenvalue weighted by Crippen LogP contribution is 2.63. The molecule has 0 bridgehead atoms. The van der Waals surface area contributed by atoms with Gasteiger partial charge in [-0.25, -0.2) is 0 Å². The number of hydrogen-bond donors (Lipinski definition) is 4. The molecule has 0 aromatic rings. The average molecular weight is 382 g/mol. The van der Waals surface area contributed by atoms with Crippen molar-refractivity contribution in [1.29, 1.82) is 0 Å². The molecule has 3 fully saturated rings. The summed E-state index contributed by atoms with van der Waals surface area (Å²) in [6, 6.07) is 0. The van der Waals surface area contributed by atoms with Gasteiger partial charge in [0.25, 0.3) is 5.97 Å². The van der Waals surface area contributed by atoms with Gasteiger partial charge in [-0.1, -0.05) is 26.0 Å². The van der Waals surface area contributed by atoms with Gasteiger partial charge in [0.05, 0.1) is 6.10 Å². The minimum Gasteiger partial charge on any atom is -0.481 e. The molecule has 0 aromatic carbocycles. The number of aliphatic carboxylic acids is 1. The first kappa shape index (κ1) is 22.4. The number of aliphatic hydroxyl groups excluding tert-OH is 2. The molecule has 0 radical (unpaired) electrons. The van der Waals surface area contributed by atoms with E-state index in [1.165, 1.54) is 24.8 Å². The van der Waals surface area contributed by atoms with Gasteiger partial charge in [-0.3, -0.25) is 4.79 Å². The Hall–Kier alpha value is -0.910. The number of aliphatic hydroxyl groups is 2. The second-order valence-electron chi connectivity index (χ2n) is 9.54. The van der Waals surface area contributed by atoms with Crippen LogP contribution in [-0.4, -0.2) is 40.5 Å². The van der Waals surface area contributed by atoms with Crippen LogP contribution in [0.25, 0.3) is 0 Å². The molecule has 0 saturated heterocycles. The SMILES string of the molecule is C=C1CC[C@H]2[C@H](CN)C([C@@]3(C)CC[C@H](O)C[C@@H]3CO)CC[C@]12C.CC(=O)O. The lowest BCUT2D eigenvalue weighted by Crippen LogP contribution is -2.52. The van der Waals surface area contributed by atoms with E-state index in [2.05, 4.69) is 20.4 Å². The molecule has 0 spiro atoms. The number of carboxylic acid groups (broad SMARTS) is 1. The zero-order valence-corrected chi connectivity index (χ0v) is 17.3. The Morgan fingerprint density at radius 3 is 2.41 bits per heavy atom. The van der Waals surface area contributed by atoms with Crippen LogP contribution in [0.5, 0.6) is 0 Å². The fourth-order valence-electron chi connectivity index (χ4n) is 6.51. The molecule has 5 heteroatoms. The zero-order chi connectivity index (χ0) is 20.4. The number of allylic oxidation sites excluding steroid dienone is 1. The lowest BCUT2D eigenvalue weighted by Gasteiger charge is -2.56. The van der Waals surface area contributed by atoms with E-state index in [1.807, 2.05) is 0 Å². The molecule has 5 N–H and O–H groups in total. The van der Waals surface area contributed by atoms with Crippen LogP contribution in [0, 0.1) is 34.5 Å². The monoisotopic (exact) mass is 381 g/mol. The van der Waals surface area contributed by atoms with E-state index in [1.54, 1.807) is 0 Å². The summed E-state index contributed by atoms with van der Waals surface area (Å²) in [4.78, 5) is 9.00. The number of hydrogen-bond acceptors (Lipinski definition) is 4. The molecule has 3 saturated carbocycles. The first-order valence-corrected chi connectivity index (χ1v) is 10.5. The molecule has 3 rings (SSSR count). The first-order valence-electron chi connectivity index (χ1n) is 10.5. The van der Waals surface area contributed by atoms with Gasteiger partial charge in [0.2, 0.25) is 0 Å². The third kappa shape index (κ3) is 4.25. The van der Waals surface area contributed by atoms with Crippen LogP contribution in [0.1, 0.15) is 65.7 Å². The fourth-order valence-corrected chi connectivity index (χ4v) is 6.51. The normalized spacial score (nSPS) is 44.2. The standard InChI is InChI=1S/C20H35NO2.C2H4O2/c1-13-4-5-17-16(11-21)18(7-9-19(13,17)2)20(3)8-6-15(23)10-14(20)12-22;1-2(3)4/h14-18,22-23H,1,4-12,21H2,2-3H3;1H3,(H,3,4)/t14-,15+,16+,17+,18?,19-,20+;/m1./s1. The van der Waals surface area contributed by atoms with Crippen molar-refractivity contribution in [3.8, 4) is 0 Å². The summed E-state index contributed by atoms with van der Waals surface area (Å²) in [5, 5.41) is 27.4. The van der Waals surface area contributed by atoms with Gasteiger partial charge in [0.15, 0.2) is 0 Å². The summed E-state index contributed by atoms with van der Waals surface area (Å²) in [6.07, 6.45) is 7.19. The van der Waals surface area contributed by atoms with Gasteiger partial charge < -0.3 is 21.1 Å². The Morgan fingerprint density at radius 1 is 1.22 bits per heavy atom. The maximum absolute atomic E-state index is 10.0. The van der Waals surface area contributed by atoms with E-state index >= 15 is 0 Å². The van der Waals surface area contributed by atoms with Crippen molar-refractivity contribution < 1.29 is 20.1 Å². The molecule has 1 unspecified atom stereocenters. The van der Waals surface area contributed by atoms with Gasteiger partial charge in [-0.15, -0.1) is 0 Å². The van der Waals surface area contributed by atoms with Gasteiger partial charge in [0.1, 0.15) is 0 Å². The van der Waals surface area contributed by atoms with Crippen molar-refractivity contribution in [3.05, 3.63) is 12.2 Å². The van der Waals surface area contributed by atoms with E-state index in [0.29, 0.717) is 17.8 Å². The van der Waals surface area contributed by atoms with Gasteiger partial charge in [-0.05, 0) is 86.0 Å². The van der Waals surface area contributed by atoms with Gasteiger partial charge in [0, 0.05) is 13.5 Å². The molecular weight excluding hydrogens is 342 g/mol. The zero-order valence-electron chi connectivity index (χ0n) is 17.3. The third-order valence-corrected chi connectivity index (χ3v) is 8.24. The van der Waals surface area contributed by atoms with E-state index < -0.39 is 5.97 Å². The van der Waals surface area contributed by atoms with Crippen molar-refractivity contribution in [1.82, 2.24) is 0 Å².